The van der Waals surface area contributed by atoms with Crippen LogP contribution in [-0.4, -0.2) is 64.3 Å². The SMILES string of the molecule is OCCN1CCN(c2nc(N=NCc3ccc(Nc4cccc(C(F)(F)F)c4)cn3)ncc2F)CC1. The topological polar surface area (TPSA) is 102 Å². The number of rotatable bonds is 8. The number of pyridine rings is 1. The van der Waals surface area contributed by atoms with Crippen molar-refractivity contribution in [3.63, 3.8) is 0 Å². The maximum Gasteiger partial charge on any atom is 0.416 e. The molecule has 3 heterocycles. The molecule has 0 saturated carbocycles. The molecule has 1 aliphatic heterocycles. The van der Waals surface area contributed by atoms with Crippen molar-refractivity contribution in [2.45, 2.75) is 12.7 Å². The molecule has 0 atom stereocenters. The number of hydrogen-bond donors (Lipinski definition) is 2. The molecule has 1 fully saturated rings. The zero-order valence-corrected chi connectivity index (χ0v) is 19.2. The predicted molar refractivity (Wildman–Crippen MR) is 125 cm³/mol. The Labute approximate surface area is 204 Å². The zero-order valence-electron chi connectivity index (χ0n) is 19.2. The normalized spacial score (nSPS) is 15.0. The smallest absolute Gasteiger partial charge is 0.395 e. The molecule has 0 spiro atoms. The summed E-state index contributed by atoms with van der Waals surface area (Å²) in [6, 6.07) is 8.22. The number of hydrogen-bond acceptors (Lipinski definition) is 9. The lowest BCUT2D eigenvalue weighted by molar-refractivity contribution is -0.137. The van der Waals surface area contributed by atoms with E-state index in [0.29, 0.717) is 44.1 Å². The fourth-order valence-corrected chi connectivity index (χ4v) is 3.65. The molecule has 0 bridgehead atoms. The summed E-state index contributed by atoms with van der Waals surface area (Å²) in [5.74, 6) is -0.368. The maximum absolute atomic E-state index is 14.3. The van der Waals surface area contributed by atoms with Crippen LogP contribution in [0.1, 0.15) is 11.3 Å². The molecular formula is C23H24F4N8O. The van der Waals surface area contributed by atoms with E-state index < -0.39 is 17.6 Å². The van der Waals surface area contributed by atoms with Crippen LogP contribution < -0.4 is 10.2 Å². The van der Waals surface area contributed by atoms with E-state index in [1.807, 2.05) is 4.90 Å². The van der Waals surface area contributed by atoms with Gasteiger partial charge in [0.2, 0.25) is 0 Å². The Morgan fingerprint density at radius 1 is 1.00 bits per heavy atom. The molecule has 0 amide bonds. The van der Waals surface area contributed by atoms with Crippen molar-refractivity contribution in [3.8, 4) is 0 Å². The number of aliphatic hydroxyl groups excluding tert-OH is 1. The van der Waals surface area contributed by atoms with Gasteiger partial charge in [0.25, 0.3) is 5.95 Å². The van der Waals surface area contributed by atoms with Gasteiger partial charge in [-0.1, -0.05) is 6.07 Å². The lowest BCUT2D eigenvalue weighted by Crippen LogP contribution is -2.47. The first-order valence-corrected chi connectivity index (χ1v) is 11.2. The van der Waals surface area contributed by atoms with E-state index >= 15 is 0 Å². The van der Waals surface area contributed by atoms with Gasteiger partial charge in [-0.3, -0.25) is 9.88 Å². The summed E-state index contributed by atoms with van der Waals surface area (Å²) in [4.78, 5) is 16.2. The third-order valence-electron chi connectivity index (χ3n) is 5.50. The van der Waals surface area contributed by atoms with E-state index in [2.05, 4.69) is 35.4 Å². The fourth-order valence-electron chi connectivity index (χ4n) is 3.65. The Balaban J connectivity index is 1.34. The molecular weight excluding hydrogens is 480 g/mol. The van der Waals surface area contributed by atoms with Crippen LogP contribution in [0.3, 0.4) is 0 Å². The van der Waals surface area contributed by atoms with Crippen molar-refractivity contribution in [1.29, 1.82) is 0 Å². The molecule has 0 radical (unpaired) electrons. The number of azo groups is 1. The molecule has 13 heteroatoms. The molecule has 4 rings (SSSR count). The molecule has 190 valence electrons. The number of aliphatic hydroxyl groups is 1. The molecule has 1 aromatic carbocycles. The number of nitrogens with zero attached hydrogens (tertiary/aromatic N) is 7. The standard InChI is InChI=1S/C23H24F4N8O/c24-20-15-29-22(32-21(20)35-8-6-34(7-9-35)10-11-36)33-30-14-18-4-5-19(13-28-18)31-17-3-1-2-16(12-17)23(25,26)27/h1-5,12-13,15,31,36H,6-11,14H2. The molecule has 9 nitrogen and oxygen atoms in total. The minimum atomic E-state index is -4.42. The second-order valence-corrected chi connectivity index (χ2v) is 8.04. The number of halogens is 4. The number of β-amino-alcohol motifs (C(OH)–C–C–N with tert-alkyl or cyclic N) is 1. The number of aromatic nitrogens is 3. The predicted octanol–water partition coefficient (Wildman–Crippen LogP) is 4.17. The highest BCUT2D eigenvalue weighted by Gasteiger charge is 2.30. The number of piperazine rings is 1. The van der Waals surface area contributed by atoms with Gasteiger partial charge in [-0.05, 0) is 30.3 Å². The van der Waals surface area contributed by atoms with Crippen LogP contribution in [0.2, 0.25) is 0 Å². The van der Waals surface area contributed by atoms with Crippen LogP contribution in [-0.2, 0) is 12.7 Å². The van der Waals surface area contributed by atoms with Gasteiger partial charge >= 0.3 is 6.18 Å². The fraction of sp³-hybridized carbons (Fsp3) is 0.348. The molecule has 1 aliphatic rings. The largest absolute Gasteiger partial charge is 0.416 e. The van der Waals surface area contributed by atoms with Crippen LogP contribution in [0.15, 0.2) is 59.0 Å². The Kier molecular flexibility index (Phi) is 8.00. The maximum atomic E-state index is 14.3. The van der Waals surface area contributed by atoms with Crippen molar-refractivity contribution < 1.29 is 22.7 Å². The van der Waals surface area contributed by atoms with E-state index in [-0.39, 0.29) is 30.6 Å². The lowest BCUT2D eigenvalue weighted by atomic mass is 10.2. The monoisotopic (exact) mass is 504 g/mol. The molecule has 36 heavy (non-hydrogen) atoms. The summed E-state index contributed by atoms with van der Waals surface area (Å²) < 4.78 is 52.9. The van der Waals surface area contributed by atoms with Gasteiger partial charge in [0.15, 0.2) is 11.6 Å². The molecule has 0 unspecified atom stereocenters. The highest BCUT2D eigenvalue weighted by Crippen LogP contribution is 2.31. The average Bonchev–Trinajstić information content (AvgIpc) is 2.87. The first kappa shape index (κ1) is 25.4. The number of benzene rings is 1. The molecule has 2 aromatic heterocycles. The number of anilines is 3. The summed E-state index contributed by atoms with van der Waals surface area (Å²) in [6.45, 7) is 3.27. The quantitative estimate of drug-likeness (QED) is 0.351. The third-order valence-corrected chi connectivity index (χ3v) is 5.50. The summed E-state index contributed by atoms with van der Waals surface area (Å²) in [7, 11) is 0. The van der Waals surface area contributed by atoms with Crippen molar-refractivity contribution >= 4 is 23.1 Å². The van der Waals surface area contributed by atoms with Crippen molar-refractivity contribution in [2.75, 3.05) is 49.5 Å². The van der Waals surface area contributed by atoms with E-state index in [4.69, 9.17) is 5.11 Å². The van der Waals surface area contributed by atoms with Gasteiger partial charge < -0.3 is 15.3 Å². The van der Waals surface area contributed by atoms with Crippen molar-refractivity contribution in [1.82, 2.24) is 19.9 Å². The van der Waals surface area contributed by atoms with Crippen LogP contribution in [0, 0.1) is 5.82 Å². The minimum absolute atomic E-state index is 0.0204. The number of alkyl halides is 3. The van der Waals surface area contributed by atoms with E-state index in [0.717, 1.165) is 18.3 Å². The van der Waals surface area contributed by atoms with Crippen LogP contribution in [0.5, 0.6) is 0 Å². The van der Waals surface area contributed by atoms with E-state index in [1.165, 1.54) is 18.3 Å². The van der Waals surface area contributed by atoms with Crippen LogP contribution in [0.4, 0.5) is 40.7 Å². The first-order valence-electron chi connectivity index (χ1n) is 11.2. The van der Waals surface area contributed by atoms with Crippen molar-refractivity contribution in [2.24, 2.45) is 10.2 Å². The van der Waals surface area contributed by atoms with Crippen LogP contribution >= 0.6 is 0 Å². The summed E-state index contributed by atoms with van der Waals surface area (Å²) in [6.07, 6.45) is -1.88. The second kappa shape index (κ2) is 11.4. The van der Waals surface area contributed by atoms with Gasteiger partial charge in [0.1, 0.15) is 6.54 Å². The van der Waals surface area contributed by atoms with E-state index in [1.54, 1.807) is 12.1 Å². The summed E-state index contributed by atoms with van der Waals surface area (Å²) >= 11 is 0. The first-order chi connectivity index (χ1) is 17.3. The second-order valence-electron chi connectivity index (χ2n) is 8.04. The van der Waals surface area contributed by atoms with Gasteiger partial charge in [-0.25, -0.2) is 9.37 Å². The van der Waals surface area contributed by atoms with Gasteiger partial charge in [0, 0.05) is 38.4 Å². The Morgan fingerprint density at radius 2 is 1.81 bits per heavy atom. The highest BCUT2D eigenvalue weighted by atomic mass is 19.4. The average molecular weight is 504 g/mol. The lowest BCUT2D eigenvalue weighted by Gasteiger charge is -2.35. The summed E-state index contributed by atoms with van der Waals surface area (Å²) in [5.41, 5.74) is 0.627. The Hall–Kier alpha value is -3.71. The Morgan fingerprint density at radius 3 is 2.50 bits per heavy atom. The van der Waals surface area contributed by atoms with E-state index in [9.17, 15) is 17.6 Å². The van der Waals surface area contributed by atoms with Crippen molar-refractivity contribution in [3.05, 3.63) is 65.9 Å². The van der Waals surface area contributed by atoms with Gasteiger partial charge in [-0.15, -0.1) is 5.11 Å². The minimum Gasteiger partial charge on any atom is -0.395 e. The Bertz CT molecular complexity index is 1180. The van der Waals surface area contributed by atoms with Gasteiger partial charge in [0.05, 0.1) is 35.9 Å². The molecule has 3 aromatic rings. The highest BCUT2D eigenvalue weighted by molar-refractivity contribution is 5.59. The summed E-state index contributed by atoms with van der Waals surface area (Å²) in [5, 5.41) is 19.9. The third kappa shape index (κ3) is 6.70. The zero-order chi connectivity index (χ0) is 25.5. The molecule has 1 saturated heterocycles. The molecule has 2 N–H and O–H groups in total. The van der Waals surface area contributed by atoms with Gasteiger partial charge in [-0.2, -0.15) is 23.3 Å². The molecule has 0 aliphatic carbocycles. The van der Waals surface area contributed by atoms with Crippen LogP contribution in [0.25, 0.3) is 0 Å². The number of nitrogens with one attached hydrogen (secondary N) is 1.